The van der Waals surface area contributed by atoms with Gasteiger partial charge in [0.05, 0.1) is 28.7 Å². The molecule has 2 rings (SSSR count). The van der Waals surface area contributed by atoms with E-state index in [4.69, 9.17) is 5.26 Å². The third-order valence-electron chi connectivity index (χ3n) is 3.11. The summed E-state index contributed by atoms with van der Waals surface area (Å²) in [6.45, 7) is 2.65. The maximum absolute atomic E-state index is 12.7. The number of carbonyl (C=O) groups excluding carboxylic acids is 1. The van der Waals surface area contributed by atoms with Crippen molar-refractivity contribution in [1.82, 2.24) is 4.98 Å². The summed E-state index contributed by atoms with van der Waals surface area (Å²) in [5.41, 5.74) is 2.27. The van der Waals surface area contributed by atoms with Crippen LogP contribution in [0.15, 0.2) is 42.7 Å². The molecule has 106 valence electrons. The average molecular weight is 280 g/mol. The molecule has 21 heavy (non-hydrogen) atoms. The maximum atomic E-state index is 12.7. The van der Waals surface area contributed by atoms with Crippen LogP contribution in [0.3, 0.4) is 0 Å². The first kappa shape index (κ1) is 14.5. The van der Waals surface area contributed by atoms with E-state index in [1.165, 1.54) is 4.90 Å². The first-order valence-corrected chi connectivity index (χ1v) is 6.64. The molecule has 5 nitrogen and oxygen atoms in total. The second kappa shape index (κ2) is 6.53. The third kappa shape index (κ3) is 3.00. The van der Waals surface area contributed by atoms with E-state index < -0.39 is 0 Å². The standard InChI is InChI=1S/C16H16N4O/c1-3-19-14-11-18-9-8-13(14)16(21)20(2)15-7-5-4-6-12(15)10-17/h4-9,11,19H,3H2,1-2H3. The summed E-state index contributed by atoms with van der Waals surface area (Å²) < 4.78 is 0. The Morgan fingerprint density at radius 1 is 1.38 bits per heavy atom. The second-order valence-electron chi connectivity index (χ2n) is 4.44. The van der Waals surface area contributed by atoms with Gasteiger partial charge >= 0.3 is 0 Å². The monoisotopic (exact) mass is 280 g/mol. The number of nitrogens with one attached hydrogen (secondary N) is 1. The molecule has 0 saturated carbocycles. The minimum Gasteiger partial charge on any atom is -0.383 e. The molecule has 0 spiro atoms. The van der Waals surface area contributed by atoms with Gasteiger partial charge in [0.15, 0.2) is 0 Å². The lowest BCUT2D eigenvalue weighted by Crippen LogP contribution is -2.28. The molecule has 0 saturated heterocycles. The van der Waals surface area contributed by atoms with Gasteiger partial charge in [-0.05, 0) is 25.1 Å². The van der Waals surface area contributed by atoms with Crippen molar-refractivity contribution in [3.8, 4) is 6.07 Å². The lowest BCUT2D eigenvalue weighted by molar-refractivity contribution is 0.0993. The van der Waals surface area contributed by atoms with E-state index in [1.54, 1.807) is 49.8 Å². The SMILES string of the molecule is CCNc1cnccc1C(=O)N(C)c1ccccc1C#N. The van der Waals surface area contributed by atoms with Crippen molar-refractivity contribution in [2.75, 3.05) is 23.8 Å². The van der Waals surface area contributed by atoms with E-state index in [2.05, 4.69) is 16.4 Å². The van der Waals surface area contributed by atoms with Crippen LogP contribution in [0.2, 0.25) is 0 Å². The normalized spacial score (nSPS) is 9.76. The topological polar surface area (TPSA) is 69.0 Å². The molecule has 0 fully saturated rings. The fraction of sp³-hybridized carbons (Fsp3) is 0.188. The first-order valence-electron chi connectivity index (χ1n) is 6.64. The summed E-state index contributed by atoms with van der Waals surface area (Å²) >= 11 is 0. The second-order valence-corrected chi connectivity index (χ2v) is 4.44. The summed E-state index contributed by atoms with van der Waals surface area (Å²) in [6.07, 6.45) is 3.21. The molecule has 1 amide bonds. The minimum atomic E-state index is -0.184. The van der Waals surface area contributed by atoms with Crippen LogP contribution >= 0.6 is 0 Å². The zero-order chi connectivity index (χ0) is 15.2. The largest absolute Gasteiger partial charge is 0.383 e. The Bertz CT molecular complexity index is 691. The molecule has 0 radical (unpaired) electrons. The van der Waals surface area contributed by atoms with Crippen LogP contribution in [0.5, 0.6) is 0 Å². The van der Waals surface area contributed by atoms with Crippen molar-refractivity contribution >= 4 is 17.3 Å². The Kier molecular flexibility index (Phi) is 4.52. The van der Waals surface area contributed by atoms with Crippen LogP contribution in [0.25, 0.3) is 0 Å². The van der Waals surface area contributed by atoms with Crippen molar-refractivity contribution in [3.05, 3.63) is 53.9 Å². The van der Waals surface area contributed by atoms with Gasteiger partial charge in [-0.3, -0.25) is 9.78 Å². The lowest BCUT2D eigenvalue weighted by atomic mass is 10.1. The fourth-order valence-electron chi connectivity index (χ4n) is 2.06. The fourth-order valence-corrected chi connectivity index (χ4v) is 2.06. The van der Waals surface area contributed by atoms with Gasteiger partial charge in [0, 0.05) is 19.8 Å². The van der Waals surface area contributed by atoms with Crippen molar-refractivity contribution in [2.24, 2.45) is 0 Å². The van der Waals surface area contributed by atoms with Gasteiger partial charge in [0.25, 0.3) is 5.91 Å². The Hall–Kier alpha value is -2.87. The minimum absolute atomic E-state index is 0.184. The van der Waals surface area contributed by atoms with Crippen LogP contribution in [-0.4, -0.2) is 24.5 Å². The molecule has 0 aliphatic rings. The molecule has 0 aliphatic heterocycles. The van der Waals surface area contributed by atoms with Crippen molar-refractivity contribution < 1.29 is 4.79 Å². The quantitative estimate of drug-likeness (QED) is 0.934. The number of benzene rings is 1. The summed E-state index contributed by atoms with van der Waals surface area (Å²) in [6, 6.07) is 10.8. The molecule has 1 aromatic heterocycles. The number of pyridine rings is 1. The van der Waals surface area contributed by atoms with Gasteiger partial charge in [-0.2, -0.15) is 5.26 Å². The lowest BCUT2D eigenvalue weighted by Gasteiger charge is -2.20. The smallest absolute Gasteiger partial charge is 0.260 e. The van der Waals surface area contributed by atoms with E-state index in [9.17, 15) is 4.79 Å². The molecule has 0 aliphatic carbocycles. The van der Waals surface area contributed by atoms with E-state index in [0.29, 0.717) is 29.0 Å². The first-order chi connectivity index (χ1) is 10.2. The number of carbonyl (C=O) groups is 1. The molecule has 1 N–H and O–H groups in total. The van der Waals surface area contributed by atoms with E-state index in [1.807, 2.05) is 6.92 Å². The summed E-state index contributed by atoms with van der Waals surface area (Å²) in [4.78, 5) is 18.2. The Morgan fingerprint density at radius 3 is 2.86 bits per heavy atom. The molecule has 2 aromatic rings. The highest BCUT2D eigenvalue weighted by atomic mass is 16.2. The molecule has 1 heterocycles. The van der Waals surface area contributed by atoms with Crippen LogP contribution in [-0.2, 0) is 0 Å². The molecular formula is C16H16N4O. The Labute approximate surface area is 123 Å². The van der Waals surface area contributed by atoms with Gasteiger partial charge in [-0.1, -0.05) is 12.1 Å². The van der Waals surface area contributed by atoms with Crippen LogP contribution in [0.1, 0.15) is 22.8 Å². The molecule has 5 heteroatoms. The van der Waals surface area contributed by atoms with Gasteiger partial charge in [0.2, 0.25) is 0 Å². The molecule has 0 unspecified atom stereocenters. The van der Waals surface area contributed by atoms with Crippen molar-refractivity contribution in [1.29, 1.82) is 5.26 Å². The van der Waals surface area contributed by atoms with Crippen LogP contribution in [0, 0.1) is 11.3 Å². The Balaban J connectivity index is 2.38. The number of aromatic nitrogens is 1. The number of rotatable bonds is 4. The Morgan fingerprint density at radius 2 is 2.14 bits per heavy atom. The number of hydrogen-bond donors (Lipinski definition) is 1. The third-order valence-corrected chi connectivity index (χ3v) is 3.11. The van der Waals surface area contributed by atoms with Gasteiger partial charge in [0.1, 0.15) is 6.07 Å². The summed E-state index contributed by atoms with van der Waals surface area (Å²) in [5.74, 6) is -0.184. The van der Waals surface area contributed by atoms with Crippen molar-refractivity contribution in [2.45, 2.75) is 6.92 Å². The number of amides is 1. The highest BCUT2D eigenvalue weighted by molar-refractivity contribution is 6.09. The number of nitriles is 1. The number of hydrogen-bond acceptors (Lipinski definition) is 4. The predicted molar refractivity (Wildman–Crippen MR) is 82.3 cm³/mol. The zero-order valence-corrected chi connectivity index (χ0v) is 12.0. The zero-order valence-electron chi connectivity index (χ0n) is 12.0. The van der Waals surface area contributed by atoms with E-state index in [-0.39, 0.29) is 5.91 Å². The molecule has 0 atom stereocenters. The number of nitrogens with zero attached hydrogens (tertiary/aromatic N) is 3. The molecular weight excluding hydrogens is 264 g/mol. The highest BCUT2D eigenvalue weighted by Crippen LogP contribution is 2.22. The van der Waals surface area contributed by atoms with Gasteiger partial charge < -0.3 is 10.2 Å². The molecule has 1 aromatic carbocycles. The highest BCUT2D eigenvalue weighted by Gasteiger charge is 2.18. The average Bonchev–Trinajstić information content (AvgIpc) is 2.54. The number of para-hydroxylation sites is 1. The number of anilines is 2. The summed E-state index contributed by atoms with van der Waals surface area (Å²) in [5, 5.41) is 12.3. The van der Waals surface area contributed by atoms with Gasteiger partial charge in [-0.15, -0.1) is 0 Å². The predicted octanol–water partition coefficient (Wildman–Crippen LogP) is 2.66. The molecule has 0 bridgehead atoms. The van der Waals surface area contributed by atoms with Gasteiger partial charge in [-0.25, -0.2) is 0 Å². The van der Waals surface area contributed by atoms with E-state index >= 15 is 0 Å². The van der Waals surface area contributed by atoms with Crippen LogP contribution in [0.4, 0.5) is 11.4 Å². The van der Waals surface area contributed by atoms with Crippen LogP contribution < -0.4 is 10.2 Å². The summed E-state index contributed by atoms with van der Waals surface area (Å²) in [7, 11) is 1.66. The van der Waals surface area contributed by atoms with Crippen molar-refractivity contribution in [3.63, 3.8) is 0 Å². The maximum Gasteiger partial charge on any atom is 0.260 e. The van der Waals surface area contributed by atoms with E-state index in [0.717, 1.165) is 0 Å².